The van der Waals surface area contributed by atoms with Crippen molar-refractivity contribution in [3.63, 3.8) is 0 Å². The molecule has 0 spiro atoms. The summed E-state index contributed by atoms with van der Waals surface area (Å²) in [5, 5.41) is 50.1. The Labute approximate surface area is 639 Å². The van der Waals surface area contributed by atoms with Crippen molar-refractivity contribution in [2.75, 3.05) is 162 Å². The second kappa shape index (κ2) is 48.2. The highest BCUT2D eigenvalue weighted by atomic mass is 16.2. The molecule has 41 nitrogen and oxygen atoms in total. The quantitative estimate of drug-likeness (QED) is 0.144. The van der Waals surface area contributed by atoms with Crippen LogP contribution in [0.25, 0.3) is 0 Å². The summed E-state index contributed by atoms with van der Waals surface area (Å²) in [6.07, 6.45) is 0. The lowest BCUT2D eigenvalue weighted by Gasteiger charge is -2.34. The number of amides is 26. The van der Waals surface area contributed by atoms with Gasteiger partial charge in [0.25, 0.3) is 0 Å². The van der Waals surface area contributed by atoms with Crippen LogP contribution in [0.15, 0.2) is 12.4 Å². The van der Waals surface area contributed by atoms with E-state index in [-0.39, 0.29) is 165 Å². The molecular weight excluding hydrogens is 1400 g/mol. The van der Waals surface area contributed by atoms with Crippen molar-refractivity contribution in [1.82, 2.24) is 145 Å². The molecule has 14 atom stereocenters. The third kappa shape index (κ3) is 39.4. The van der Waals surface area contributed by atoms with Crippen molar-refractivity contribution in [2.24, 2.45) is 0 Å². The fraction of sp³-hybridized carbons (Fsp3) is 0.776. The van der Waals surface area contributed by atoms with Crippen LogP contribution >= 0.6 is 0 Å². The van der Waals surface area contributed by atoms with Gasteiger partial charge in [-0.3, -0.25) is 0 Å². The van der Waals surface area contributed by atoms with Crippen LogP contribution in [0.2, 0.25) is 0 Å². The SMILES string of the molecule is C=C1NC(C)CN(C)C(=O)NC(C)CN(C)C(=O)NC(C)CN(C)C(=O)NC(C)CN1C.CC1CN(C)C(=O)N(C)C(C)CN(C)C(=O)N(C)C(C)CNC(=O)N1.CC1CN(C)C(=O)NC(C)CN(C)C(=O)NC(C)CNC(=O)N1.CC1CNC(=O)NC(C)CNC(=O)NC(C)CNC(=O)NC(C)CNC(=O)N1. The molecule has 4 aliphatic heterocycles. The van der Waals surface area contributed by atoms with Gasteiger partial charge in [-0.1, -0.05) is 6.58 Å². The Morgan fingerprint density at radius 3 is 0.685 bits per heavy atom. The molecule has 14 unspecified atom stereocenters. The zero-order valence-corrected chi connectivity index (χ0v) is 68.5. The fourth-order valence-corrected chi connectivity index (χ4v) is 10.8. The number of rotatable bonds is 0. The van der Waals surface area contributed by atoms with E-state index in [4.69, 9.17) is 0 Å². The molecule has 4 saturated heterocycles. The van der Waals surface area contributed by atoms with Gasteiger partial charge in [-0.2, -0.15) is 0 Å². The summed E-state index contributed by atoms with van der Waals surface area (Å²) >= 11 is 0. The molecule has 0 aliphatic carbocycles. The Kier molecular flexibility index (Phi) is 42.8. The maximum Gasteiger partial charge on any atom is 0.319 e. The highest BCUT2D eigenvalue weighted by molar-refractivity contribution is 5.81. The maximum atomic E-state index is 12.5. The van der Waals surface area contributed by atoms with E-state index in [2.05, 4.69) is 102 Å². The smallest absolute Gasteiger partial charge is 0.319 e. The zero-order chi connectivity index (χ0) is 82.6. The minimum absolute atomic E-state index is 0.0347. The van der Waals surface area contributed by atoms with E-state index in [1.807, 2.05) is 81.2 Å². The van der Waals surface area contributed by atoms with Crippen LogP contribution in [-0.4, -0.2) is 374 Å². The van der Waals surface area contributed by atoms with Crippen LogP contribution in [0, 0.1) is 0 Å². The van der Waals surface area contributed by atoms with E-state index in [9.17, 15) is 62.3 Å². The average molecular weight is 1540 g/mol. The lowest BCUT2D eigenvalue weighted by Crippen LogP contribution is -2.54. The number of likely N-dealkylation sites (N-methyl/N-ethyl adjacent to an activating group) is 10. The predicted octanol–water partition coefficient (Wildman–Crippen LogP) is -0.599. The van der Waals surface area contributed by atoms with Crippen LogP contribution < -0.4 is 95.7 Å². The summed E-state index contributed by atoms with van der Waals surface area (Å²) in [7, 11) is 17.1. The Balaban J connectivity index is 0.000000725. The normalized spacial score (nSPS) is 28.7. The number of carbonyl (C=O) groups excluding carboxylic acids is 13. The minimum atomic E-state index is -0.396. The summed E-state index contributed by atoms with van der Waals surface area (Å²) in [6, 6.07) is -6.64. The van der Waals surface area contributed by atoms with Crippen LogP contribution in [0.3, 0.4) is 0 Å². The Hall–Kier alpha value is -10.2. The summed E-state index contributed by atoms with van der Waals surface area (Å²) < 4.78 is 0. The van der Waals surface area contributed by atoms with Crippen LogP contribution in [0.1, 0.15) is 96.9 Å². The molecule has 0 saturated carbocycles. The van der Waals surface area contributed by atoms with E-state index in [1.54, 1.807) is 121 Å². The summed E-state index contributed by atoms with van der Waals surface area (Å²) in [4.78, 5) is 174. The average Bonchev–Trinajstić information content (AvgIpc) is 1.25. The molecule has 41 heteroatoms. The fourth-order valence-electron chi connectivity index (χ4n) is 10.8. The van der Waals surface area contributed by atoms with Gasteiger partial charge in [-0.25, -0.2) is 62.3 Å². The van der Waals surface area contributed by atoms with E-state index >= 15 is 0 Å². The second-order valence-corrected chi connectivity index (χ2v) is 29.3. The van der Waals surface area contributed by atoms with Gasteiger partial charge in [0.05, 0.1) is 5.82 Å². The van der Waals surface area contributed by atoms with Gasteiger partial charge < -0.3 is 145 Å². The maximum absolute atomic E-state index is 12.5. The zero-order valence-electron chi connectivity index (χ0n) is 68.5. The molecule has 4 heterocycles. The third-order valence-electron chi connectivity index (χ3n) is 17.1. The first kappa shape index (κ1) is 95.9. The number of nitrogens with one attached hydrogen (secondary N) is 18. The van der Waals surface area contributed by atoms with Gasteiger partial charge in [0, 0.05) is 247 Å². The highest BCUT2D eigenvalue weighted by Crippen LogP contribution is 2.09. The van der Waals surface area contributed by atoms with Gasteiger partial charge in [0.1, 0.15) is 0 Å². The summed E-state index contributed by atoms with van der Waals surface area (Å²) in [6.45, 7) is 34.7. The van der Waals surface area contributed by atoms with Crippen molar-refractivity contribution in [1.29, 1.82) is 0 Å². The molecule has 0 radical (unpaired) electrons. The lowest BCUT2D eigenvalue weighted by molar-refractivity contribution is 0.132. The lowest BCUT2D eigenvalue weighted by atomic mass is 10.2. The van der Waals surface area contributed by atoms with Crippen molar-refractivity contribution < 1.29 is 62.3 Å². The molecule has 18 N–H and O–H groups in total. The van der Waals surface area contributed by atoms with Gasteiger partial charge >= 0.3 is 78.4 Å². The number of carbonyl (C=O) groups is 13. The monoisotopic (exact) mass is 1540 g/mol. The largest absolute Gasteiger partial charge is 0.368 e. The van der Waals surface area contributed by atoms with Gasteiger partial charge in [-0.15, -0.1) is 0 Å². The van der Waals surface area contributed by atoms with Gasteiger partial charge in [-0.05, 0) is 96.9 Å². The Morgan fingerprint density at radius 2 is 0.407 bits per heavy atom. The van der Waals surface area contributed by atoms with Crippen molar-refractivity contribution in [3.8, 4) is 0 Å². The minimum Gasteiger partial charge on any atom is -0.368 e. The standard InChI is InChI=1S/C21H42N8O3.C16H32N8O4.C16H32N6O3.C14H28N6O3/c1-14-11-27(7)20(31)24-16(3)13-29(9)21(32)25-17(4)12-28(8)19(30)23-15(2)10-26(6)18(5)22-14;1-9-5-17-14(26)22-11(3)7-19-16(28)24-12(4)8-20-15(27)23-10(2)6-18-13(25)21-9;1-11-9-19(4)15(24)22(7)13(3)10-20(5)16(25)21(6)12(2)8-17-14(23)18-11;1-9-6-15-12(21)16-10(2)7-19(4)14(23)18-11(3)8-20(5)13(22)17-9/h14-17,22H,5,10-13H2,1-4,6-9H3,(H,23,30)(H,24,31)(H,25,32);9-12H,5-8H2,1-4H3,(H2,18,21,25)(H2,17,22,26)(H2,20,23,27)(H2,19,24,28);11-13H,8-10H2,1-7H3,(H2,17,18,23);9-11H,6-8H2,1-5H3,(H,17,22)(H,18,23)(H2,15,16,21). The first-order valence-electron chi connectivity index (χ1n) is 36.6. The first-order chi connectivity index (χ1) is 50.2. The molecule has 0 aromatic carbocycles. The number of hydrogen-bond donors (Lipinski definition) is 18. The van der Waals surface area contributed by atoms with Crippen molar-refractivity contribution in [3.05, 3.63) is 12.4 Å². The highest BCUT2D eigenvalue weighted by Gasteiger charge is 2.29. The van der Waals surface area contributed by atoms with Crippen LogP contribution in [0.5, 0.6) is 0 Å². The molecule has 4 fully saturated rings. The molecule has 0 aromatic rings. The summed E-state index contributed by atoms with van der Waals surface area (Å²) in [5.74, 6) is 0.710. The number of nitrogens with zero attached hydrogens (tertiary/aromatic N) is 10. The van der Waals surface area contributed by atoms with E-state index in [1.165, 1.54) is 14.7 Å². The molecule has 4 aliphatic rings. The van der Waals surface area contributed by atoms with Gasteiger partial charge in [0.15, 0.2) is 0 Å². The molecule has 4 rings (SSSR count). The van der Waals surface area contributed by atoms with E-state index < -0.39 is 24.1 Å². The number of urea groups is 13. The topological polar surface area (TPSA) is 471 Å². The Morgan fingerprint density at radius 1 is 0.222 bits per heavy atom. The second-order valence-electron chi connectivity index (χ2n) is 29.3. The van der Waals surface area contributed by atoms with Crippen molar-refractivity contribution >= 4 is 78.4 Å². The van der Waals surface area contributed by atoms with E-state index in [0.717, 1.165) is 0 Å². The molecule has 108 heavy (non-hydrogen) atoms. The first-order valence-corrected chi connectivity index (χ1v) is 36.6. The molecule has 0 aromatic heterocycles. The predicted molar refractivity (Wildman–Crippen MR) is 414 cm³/mol. The molecular formula is C67H134N28O13. The summed E-state index contributed by atoms with van der Waals surface area (Å²) in [5.41, 5.74) is 0. The molecule has 0 bridgehead atoms. The third-order valence-corrected chi connectivity index (χ3v) is 17.1. The Bertz CT molecular complexity index is 2710. The molecule has 26 amide bonds. The van der Waals surface area contributed by atoms with E-state index in [0.29, 0.717) is 71.3 Å². The van der Waals surface area contributed by atoms with Crippen LogP contribution in [-0.2, 0) is 0 Å². The molecule has 620 valence electrons. The van der Waals surface area contributed by atoms with Crippen molar-refractivity contribution in [2.45, 2.75) is 182 Å². The van der Waals surface area contributed by atoms with Crippen LogP contribution in [0.4, 0.5) is 62.3 Å². The van der Waals surface area contributed by atoms with Gasteiger partial charge in [0.2, 0.25) is 0 Å². The number of hydrogen-bond acceptors (Lipinski definition) is 15.